The van der Waals surface area contributed by atoms with Crippen LogP contribution in [0.1, 0.15) is 11.1 Å². The van der Waals surface area contributed by atoms with Gasteiger partial charge in [-0.3, -0.25) is 4.79 Å². The zero-order valence-electron chi connectivity index (χ0n) is 17.3. The second-order valence-electron chi connectivity index (χ2n) is 7.10. The predicted molar refractivity (Wildman–Crippen MR) is 113 cm³/mol. The number of halogens is 3. The Hall–Kier alpha value is -3.36. The van der Waals surface area contributed by atoms with E-state index in [1.54, 1.807) is 30.3 Å². The highest BCUT2D eigenvalue weighted by molar-refractivity contribution is 7.89. The topological polar surface area (TPSA) is 90.7 Å². The third-order valence-corrected chi connectivity index (χ3v) is 6.85. The first-order chi connectivity index (χ1) is 15.6. The number of piperazine rings is 1. The molecule has 3 rings (SSSR count). The average Bonchev–Trinajstić information content (AvgIpc) is 2.81. The van der Waals surface area contributed by atoms with Gasteiger partial charge in [0.15, 0.2) is 6.61 Å². The molecule has 2 aromatic rings. The first-order valence-electron chi connectivity index (χ1n) is 9.85. The maximum absolute atomic E-state index is 12.9. The molecule has 1 aliphatic heterocycles. The summed E-state index contributed by atoms with van der Waals surface area (Å²) < 4.78 is 70.5. The standard InChI is InChI=1S/C22H20F3N3O4S/c23-22(24,25)18-2-1-3-20(16-18)33(30,31)28-13-11-27(12-14-28)21(29)9-6-17-4-7-19(8-5-17)32-15-10-26/h1-9,16H,11-15H2/b9-6+. The van der Waals surface area contributed by atoms with Crippen molar-refractivity contribution in [3.63, 3.8) is 0 Å². The summed E-state index contributed by atoms with van der Waals surface area (Å²) in [4.78, 5) is 13.5. The molecule has 0 spiro atoms. The van der Waals surface area contributed by atoms with Crippen LogP contribution in [-0.4, -0.2) is 56.3 Å². The predicted octanol–water partition coefficient (Wildman–Crippen LogP) is 3.15. The molecule has 1 heterocycles. The van der Waals surface area contributed by atoms with Gasteiger partial charge in [0.2, 0.25) is 15.9 Å². The van der Waals surface area contributed by atoms with E-state index in [1.807, 2.05) is 6.07 Å². The number of carbonyl (C=O) groups is 1. The van der Waals surface area contributed by atoms with E-state index in [2.05, 4.69) is 0 Å². The van der Waals surface area contributed by atoms with Gasteiger partial charge in [0, 0.05) is 32.3 Å². The lowest BCUT2D eigenvalue weighted by atomic mass is 10.2. The Morgan fingerprint density at radius 2 is 1.76 bits per heavy atom. The highest BCUT2D eigenvalue weighted by Crippen LogP contribution is 2.31. The number of rotatable bonds is 6. The molecule has 1 aliphatic rings. The van der Waals surface area contributed by atoms with Crippen LogP contribution < -0.4 is 4.74 Å². The molecule has 0 atom stereocenters. The van der Waals surface area contributed by atoms with Crippen LogP contribution in [0.2, 0.25) is 0 Å². The zero-order chi connectivity index (χ0) is 24.1. The molecule has 1 saturated heterocycles. The van der Waals surface area contributed by atoms with Crippen molar-refractivity contribution in [3.05, 3.63) is 65.7 Å². The van der Waals surface area contributed by atoms with E-state index in [4.69, 9.17) is 10.00 Å². The number of alkyl halides is 3. The van der Waals surface area contributed by atoms with Crippen LogP contribution >= 0.6 is 0 Å². The minimum Gasteiger partial charge on any atom is -0.479 e. The number of amides is 1. The van der Waals surface area contributed by atoms with Gasteiger partial charge in [-0.15, -0.1) is 0 Å². The Bertz CT molecular complexity index is 1160. The number of sulfonamides is 1. The van der Waals surface area contributed by atoms with Crippen molar-refractivity contribution in [2.45, 2.75) is 11.1 Å². The molecule has 0 aliphatic carbocycles. The van der Waals surface area contributed by atoms with Gasteiger partial charge < -0.3 is 9.64 Å². The van der Waals surface area contributed by atoms with Crippen molar-refractivity contribution in [3.8, 4) is 11.8 Å². The van der Waals surface area contributed by atoms with Crippen LogP contribution in [0.3, 0.4) is 0 Å². The number of benzene rings is 2. The van der Waals surface area contributed by atoms with Crippen LogP contribution in [0.15, 0.2) is 59.5 Å². The number of hydrogen-bond acceptors (Lipinski definition) is 5. The summed E-state index contributed by atoms with van der Waals surface area (Å²) in [6.45, 7) is 0.111. The minimum atomic E-state index is -4.65. The summed E-state index contributed by atoms with van der Waals surface area (Å²) in [5, 5.41) is 8.50. The first kappa shape index (κ1) is 24.3. The zero-order valence-corrected chi connectivity index (χ0v) is 18.1. The van der Waals surface area contributed by atoms with Crippen molar-refractivity contribution in [1.29, 1.82) is 5.26 Å². The Balaban J connectivity index is 1.59. The van der Waals surface area contributed by atoms with Gasteiger partial charge >= 0.3 is 6.18 Å². The van der Waals surface area contributed by atoms with Crippen molar-refractivity contribution in [1.82, 2.24) is 9.21 Å². The summed E-state index contributed by atoms with van der Waals surface area (Å²) in [6.07, 6.45) is -1.68. The molecular weight excluding hydrogens is 459 g/mol. The largest absolute Gasteiger partial charge is 0.479 e. The van der Waals surface area contributed by atoms with E-state index in [1.165, 1.54) is 11.0 Å². The summed E-state index contributed by atoms with van der Waals surface area (Å²) in [5.74, 6) is 0.217. The smallest absolute Gasteiger partial charge is 0.416 e. The Morgan fingerprint density at radius 3 is 2.36 bits per heavy atom. The highest BCUT2D eigenvalue weighted by Gasteiger charge is 2.34. The normalized spacial score (nSPS) is 15.4. The molecule has 33 heavy (non-hydrogen) atoms. The molecule has 0 unspecified atom stereocenters. The van der Waals surface area contributed by atoms with E-state index in [0.717, 1.165) is 28.1 Å². The molecule has 0 aromatic heterocycles. The molecular formula is C22H20F3N3O4S. The van der Waals surface area contributed by atoms with Gasteiger partial charge in [0.05, 0.1) is 10.5 Å². The van der Waals surface area contributed by atoms with Crippen molar-refractivity contribution < 1.29 is 31.1 Å². The van der Waals surface area contributed by atoms with Crippen LogP contribution in [-0.2, 0) is 21.0 Å². The summed E-state index contributed by atoms with van der Waals surface area (Å²) in [5.41, 5.74) is -0.300. The van der Waals surface area contributed by atoms with Crippen molar-refractivity contribution in [2.24, 2.45) is 0 Å². The SMILES string of the molecule is N#CCOc1ccc(/C=C/C(=O)N2CCN(S(=O)(=O)c3cccc(C(F)(F)F)c3)CC2)cc1. The van der Waals surface area contributed by atoms with E-state index < -0.39 is 26.7 Å². The van der Waals surface area contributed by atoms with Gasteiger partial charge in [-0.05, 0) is 42.0 Å². The summed E-state index contributed by atoms with van der Waals surface area (Å²) in [7, 11) is -4.11. The van der Waals surface area contributed by atoms with Gasteiger partial charge in [-0.2, -0.15) is 22.7 Å². The molecule has 0 N–H and O–H groups in total. The molecule has 0 bridgehead atoms. The maximum Gasteiger partial charge on any atom is 0.416 e. The highest BCUT2D eigenvalue weighted by atomic mass is 32.2. The van der Waals surface area contributed by atoms with Gasteiger partial charge in [0.25, 0.3) is 0 Å². The third kappa shape index (κ3) is 6.12. The lowest BCUT2D eigenvalue weighted by molar-refractivity contribution is -0.137. The molecule has 174 valence electrons. The Kier molecular flexibility index (Phi) is 7.40. The van der Waals surface area contributed by atoms with Crippen LogP contribution in [0.5, 0.6) is 5.75 Å². The fraction of sp³-hybridized carbons (Fsp3) is 0.273. The van der Waals surface area contributed by atoms with Gasteiger partial charge in [-0.25, -0.2) is 8.42 Å². The van der Waals surface area contributed by atoms with E-state index in [9.17, 15) is 26.4 Å². The van der Waals surface area contributed by atoms with Crippen molar-refractivity contribution >= 4 is 22.0 Å². The Labute approximate surface area is 189 Å². The quantitative estimate of drug-likeness (QED) is 0.594. The van der Waals surface area contributed by atoms with E-state index in [-0.39, 0.29) is 38.7 Å². The number of nitriles is 1. The first-order valence-corrected chi connectivity index (χ1v) is 11.3. The fourth-order valence-corrected chi connectivity index (χ4v) is 4.66. The Morgan fingerprint density at radius 1 is 1.09 bits per heavy atom. The van der Waals surface area contributed by atoms with E-state index in [0.29, 0.717) is 11.8 Å². The number of hydrogen-bond donors (Lipinski definition) is 0. The second kappa shape index (κ2) is 10.1. The lowest BCUT2D eigenvalue weighted by Crippen LogP contribution is -2.50. The third-order valence-electron chi connectivity index (χ3n) is 4.95. The average molecular weight is 479 g/mol. The van der Waals surface area contributed by atoms with Crippen LogP contribution in [0, 0.1) is 11.3 Å². The molecule has 1 fully saturated rings. The maximum atomic E-state index is 12.9. The monoisotopic (exact) mass is 479 g/mol. The molecule has 11 heteroatoms. The molecule has 7 nitrogen and oxygen atoms in total. The lowest BCUT2D eigenvalue weighted by Gasteiger charge is -2.33. The summed E-state index contributed by atoms with van der Waals surface area (Å²) >= 11 is 0. The molecule has 0 saturated carbocycles. The second-order valence-corrected chi connectivity index (χ2v) is 9.04. The van der Waals surface area contributed by atoms with Gasteiger partial charge in [-0.1, -0.05) is 18.2 Å². The number of carbonyl (C=O) groups excluding carboxylic acids is 1. The molecule has 2 aromatic carbocycles. The molecule has 1 amide bonds. The number of ether oxygens (including phenoxy) is 1. The van der Waals surface area contributed by atoms with E-state index >= 15 is 0 Å². The number of nitrogens with zero attached hydrogens (tertiary/aromatic N) is 3. The molecule has 0 radical (unpaired) electrons. The van der Waals surface area contributed by atoms with Crippen molar-refractivity contribution in [2.75, 3.05) is 32.8 Å². The van der Waals surface area contributed by atoms with Gasteiger partial charge in [0.1, 0.15) is 11.8 Å². The van der Waals surface area contributed by atoms with Crippen LogP contribution in [0.25, 0.3) is 6.08 Å². The fourth-order valence-electron chi connectivity index (χ4n) is 3.19. The van der Waals surface area contributed by atoms with Crippen LogP contribution in [0.4, 0.5) is 13.2 Å². The summed E-state index contributed by atoms with van der Waals surface area (Å²) in [6, 6.07) is 12.2. The minimum absolute atomic E-state index is 0.0247.